The van der Waals surface area contributed by atoms with Crippen LogP contribution in [-0.4, -0.2) is 5.78 Å². The molecule has 1 fully saturated rings. The van der Waals surface area contributed by atoms with Gasteiger partial charge in [-0.15, -0.1) is 0 Å². The molecule has 0 aromatic rings. The summed E-state index contributed by atoms with van der Waals surface area (Å²) in [6.45, 7) is 13.9. The van der Waals surface area contributed by atoms with Gasteiger partial charge in [-0.3, -0.25) is 4.79 Å². The summed E-state index contributed by atoms with van der Waals surface area (Å²) < 4.78 is 0. The summed E-state index contributed by atoms with van der Waals surface area (Å²) in [5.41, 5.74) is 2.41. The standard InChI is InChI=1S/C14H22O/c1-9(2)12-6-7-13(11(5)15)14(8-12)10(3)4/h12-14H,1,3,6-8H2,2,4-5H3. The molecule has 0 aromatic heterocycles. The van der Waals surface area contributed by atoms with Gasteiger partial charge in [0.25, 0.3) is 0 Å². The first kappa shape index (κ1) is 12.2. The lowest BCUT2D eigenvalue weighted by atomic mass is 9.68. The molecule has 0 aromatic carbocycles. The molecule has 1 aliphatic rings. The number of hydrogen-bond acceptors (Lipinski definition) is 1. The second kappa shape index (κ2) is 4.78. The fourth-order valence-electron chi connectivity index (χ4n) is 2.65. The molecule has 0 saturated heterocycles. The highest BCUT2D eigenvalue weighted by atomic mass is 16.1. The van der Waals surface area contributed by atoms with E-state index in [1.807, 2.05) is 6.92 Å². The Labute approximate surface area is 93.3 Å². The lowest BCUT2D eigenvalue weighted by Crippen LogP contribution is -2.30. The summed E-state index contributed by atoms with van der Waals surface area (Å²) >= 11 is 0. The second-order valence-corrected chi connectivity index (χ2v) is 5.03. The zero-order valence-electron chi connectivity index (χ0n) is 10.2. The van der Waals surface area contributed by atoms with Gasteiger partial charge in [0.1, 0.15) is 5.78 Å². The van der Waals surface area contributed by atoms with Crippen LogP contribution in [0, 0.1) is 17.8 Å². The lowest BCUT2D eigenvalue weighted by Gasteiger charge is -2.35. The third-order valence-electron chi connectivity index (χ3n) is 3.70. The average Bonchev–Trinajstić information content (AvgIpc) is 2.16. The molecule has 0 bridgehead atoms. The van der Waals surface area contributed by atoms with Crippen LogP contribution in [0.3, 0.4) is 0 Å². The molecule has 0 aliphatic heterocycles. The van der Waals surface area contributed by atoms with Gasteiger partial charge in [0, 0.05) is 5.92 Å². The highest BCUT2D eigenvalue weighted by Crippen LogP contribution is 2.40. The summed E-state index contributed by atoms with van der Waals surface area (Å²) in [6, 6.07) is 0. The van der Waals surface area contributed by atoms with Crippen molar-refractivity contribution >= 4 is 5.78 Å². The fourth-order valence-corrected chi connectivity index (χ4v) is 2.65. The maximum atomic E-state index is 11.5. The normalized spacial score (nSPS) is 31.0. The minimum absolute atomic E-state index is 0.207. The molecular weight excluding hydrogens is 184 g/mol. The number of allylic oxidation sites excluding steroid dienone is 2. The van der Waals surface area contributed by atoms with Crippen LogP contribution >= 0.6 is 0 Å². The van der Waals surface area contributed by atoms with E-state index in [-0.39, 0.29) is 5.92 Å². The van der Waals surface area contributed by atoms with E-state index >= 15 is 0 Å². The molecular formula is C14H22O. The smallest absolute Gasteiger partial charge is 0.133 e. The molecule has 3 unspecified atom stereocenters. The Morgan fingerprint density at radius 2 is 1.60 bits per heavy atom. The van der Waals surface area contributed by atoms with Gasteiger partial charge in [0.2, 0.25) is 0 Å². The zero-order valence-corrected chi connectivity index (χ0v) is 10.2. The maximum Gasteiger partial charge on any atom is 0.133 e. The van der Waals surface area contributed by atoms with Crippen LogP contribution in [0.5, 0.6) is 0 Å². The van der Waals surface area contributed by atoms with Gasteiger partial charge >= 0.3 is 0 Å². The van der Waals surface area contributed by atoms with Crippen molar-refractivity contribution in [3.8, 4) is 0 Å². The first-order valence-corrected chi connectivity index (χ1v) is 5.74. The lowest BCUT2D eigenvalue weighted by molar-refractivity contribution is -0.123. The van der Waals surface area contributed by atoms with E-state index in [4.69, 9.17) is 0 Å². The number of Topliss-reactive ketones (excluding diaryl/α,β-unsaturated/α-hetero) is 1. The van der Waals surface area contributed by atoms with Crippen LogP contribution in [0.15, 0.2) is 24.3 Å². The molecule has 0 radical (unpaired) electrons. The van der Waals surface area contributed by atoms with Crippen LogP contribution in [-0.2, 0) is 4.79 Å². The van der Waals surface area contributed by atoms with E-state index in [1.54, 1.807) is 6.92 Å². The van der Waals surface area contributed by atoms with Crippen LogP contribution in [0.1, 0.15) is 40.0 Å². The molecule has 1 aliphatic carbocycles. The highest BCUT2D eigenvalue weighted by molar-refractivity contribution is 5.79. The molecule has 0 heterocycles. The molecule has 0 spiro atoms. The first-order valence-electron chi connectivity index (χ1n) is 5.74. The van der Waals surface area contributed by atoms with E-state index < -0.39 is 0 Å². The molecule has 0 amide bonds. The highest BCUT2D eigenvalue weighted by Gasteiger charge is 2.33. The molecule has 1 rings (SSSR count). The van der Waals surface area contributed by atoms with Gasteiger partial charge in [-0.05, 0) is 51.9 Å². The first-order chi connectivity index (χ1) is 6.93. The van der Waals surface area contributed by atoms with Crippen molar-refractivity contribution in [2.75, 3.05) is 0 Å². The Kier molecular flexibility index (Phi) is 3.90. The third-order valence-corrected chi connectivity index (χ3v) is 3.70. The number of hydrogen-bond donors (Lipinski definition) is 0. The van der Waals surface area contributed by atoms with Crippen molar-refractivity contribution in [1.82, 2.24) is 0 Å². The van der Waals surface area contributed by atoms with Crippen molar-refractivity contribution in [3.63, 3.8) is 0 Å². The van der Waals surface area contributed by atoms with E-state index in [0.29, 0.717) is 17.6 Å². The van der Waals surface area contributed by atoms with E-state index in [0.717, 1.165) is 24.8 Å². The minimum atomic E-state index is 0.207. The molecule has 1 nitrogen and oxygen atoms in total. The molecule has 3 atom stereocenters. The third kappa shape index (κ3) is 2.80. The van der Waals surface area contributed by atoms with E-state index in [2.05, 4.69) is 20.1 Å². The van der Waals surface area contributed by atoms with Crippen molar-refractivity contribution in [3.05, 3.63) is 24.3 Å². The topological polar surface area (TPSA) is 17.1 Å². The van der Waals surface area contributed by atoms with E-state index in [1.165, 1.54) is 5.57 Å². The van der Waals surface area contributed by atoms with Crippen LogP contribution < -0.4 is 0 Å². The summed E-state index contributed by atoms with van der Waals surface area (Å²) in [7, 11) is 0. The number of carbonyl (C=O) groups is 1. The Bertz CT molecular complexity index is 288. The van der Waals surface area contributed by atoms with Gasteiger partial charge in [-0.25, -0.2) is 0 Å². The Balaban J connectivity index is 2.78. The van der Waals surface area contributed by atoms with Crippen LogP contribution in [0.2, 0.25) is 0 Å². The maximum absolute atomic E-state index is 11.5. The largest absolute Gasteiger partial charge is 0.300 e. The van der Waals surface area contributed by atoms with Crippen molar-refractivity contribution in [2.24, 2.45) is 17.8 Å². The molecule has 1 heteroatoms. The van der Waals surface area contributed by atoms with Gasteiger partial charge in [0.15, 0.2) is 0 Å². The number of rotatable bonds is 3. The van der Waals surface area contributed by atoms with Gasteiger partial charge in [0.05, 0.1) is 0 Å². The number of ketones is 1. The average molecular weight is 206 g/mol. The summed E-state index contributed by atoms with van der Waals surface area (Å²) in [5.74, 6) is 1.49. The Morgan fingerprint density at radius 1 is 1.00 bits per heavy atom. The van der Waals surface area contributed by atoms with Gasteiger partial charge < -0.3 is 0 Å². The summed E-state index contributed by atoms with van der Waals surface area (Å²) in [6.07, 6.45) is 3.18. The monoisotopic (exact) mass is 206 g/mol. The van der Waals surface area contributed by atoms with Crippen molar-refractivity contribution < 1.29 is 4.79 Å². The van der Waals surface area contributed by atoms with Crippen molar-refractivity contribution in [1.29, 1.82) is 0 Å². The minimum Gasteiger partial charge on any atom is -0.300 e. The second-order valence-electron chi connectivity index (χ2n) is 5.03. The van der Waals surface area contributed by atoms with E-state index in [9.17, 15) is 4.79 Å². The predicted octanol–water partition coefficient (Wildman–Crippen LogP) is 3.76. The Hall–Kier alpha value is -0.850. The predicted molar refractivity (Wildman–Crippen MR) is 64.6 cm³/mol. The SMILES string of the molecule is C=C(C)C1CCC(C(C)=O)C(C(=C)C)C1. The van der Waals surface area contributed by atoms with Gasteiger partial charge in [-0.2, -0.15) is 0 Å². The van der Waals surface area contributed by atoms with Crippen LogP contribution in [0.25, 0.3) is 0 Å². The zero-order chi connectivity index (χ0) is 11.6. The fraction of sp³-hybridized carbons (Fsp3) is 0.643. The Morgan fingerprint density at radius 3 is 2.00 bits per heavy atom. The molecule has 84 valence electrons. The van der Waals surface area contributed by atoms with Crippen molar-refractivity contribution in [2.45, 2.75) is 40.0 Å². The van der Waals surface area contributed by atoms with Gasteiger partial charge in [-0.1, -0.05) is 24.3 Å². The molecule has 15 heavy (non-hydrogen) atoms. The number of carbonyl (C=O) groups excluding carboxylic acids is 1. The summed E-state index contributed by atoms with van der Waals surface area (Å²) in [5, 5.41) is 0. The van der Waals surface area contributed by atoms with Crippen LogP contribution in [0.4, 0.5) is 0 Å². The quantitative estimate of drug-likeness (QED) is 0.643. The molecule has 1 saturated carbocycles. The summed E-state index contributed by atoms with van der Waals surface area (Å²) in [4.78, 5) is 11.5. The molecule has 0 N–H and O–H groups in total.